The predicted octanol–water partition coefficient (Wildman–Crippen LogP) is 5.49. The van der Waals surface area contributed by atoms with Crippen molar-refractivity contribution in [3.05, 3.63) is 35.4 Å². The highest BCUT2D eigenvalue weighted by atomic mass is 19.2. The molecule has 1 saturated carbocycles. The summed E-state index contributed by atoms with van der Waals surface area (Å²) in [7, 11) is 0. The fourth-order valence-corrected chi connectivity index (χ4v) is 3.27. The largest absolute Gasteiger partial charge is 0.487 e. The number of rotatable bonds is 3. The molecule has 0 heterocycles. The second kappa shape index (κ2) is 6.17. The van der Waals surface area contributed by atoms with E-state index in [0.717, 1.165) is 50.5 Å². The van der Waals surface area contributed by atoms with Crippen molar-refractivity contribution in [2.24, 2.45) is 5.92 Å². The molecule has 1 aromatic carbocycles. The highest BCUT2D eigenvalue weighted by Gasteiger charge is 2.22. The highest BCUT2D eigenvalue weighted by Crippen LogP contribution is 2.35. The van der Waals surface area contributed by atoms with E-state index in [1.54, 1.807) is 12.1 Å². The first-order valence-corrected chi connectivity index (χ1v) is 7.99. The summed E-state index contributed by atoms with van der Waals surface area (Å²) in [6.45, 7) is 2.18. The van der Waals surface area contributed by atoms with E-state index < -0.39 is 11.6 Å². The summed E-state index contributed by atoms with van der Waals surface area (Å²) in [4.78, 5) is 0. The normalized spacial score (nSPS) is 23.2. The first-order valence-electron chi connectivity index (χ1n) is 7.99. The average molecular weight is 292 g/mol. The molecule has 3 heteroatoms. The predicted molar refractivity (Wildman–Crippen MR) is 80.2 cm³/mol. The van der Waals surface area contributed by atoms with E-state index in [-0.39, 0.29) is 11.9 Å². The maximum atomic E-state index is 14.3. The molecule has 0 saturated heterocycles. The molecular weight excluding hydrogens is 270 g/mol. The summed E-state index contributed by atoms with van der Waals surface area (Å²) >= 11 is 0. The Hall–Kier alpha value is -1.38. The van der Waals surface area contributed by atoms with Crippen LogP contribution in [0.5, 0.6) is 5.75 Å². The van der Waals surface area contributed by atoms with Crippen LogP contribution in [0.2, 0.25) is 0 Å². The Morgan fingerprint density at radius 3 is 2.48 bits per heavy atom. The molecule has 0 aliphatic heterocycles. The Labute approximate surface area is 125 Å². The Balaban J connectivity index is 1.82. The van der Waals surface area contributed by atoms with E-state index >= 15 is 0 Å². The number of hydrogen-bond acceptors (Lipinski definition) is 1. The monoisotopic (exact) mass is 292 g/mol. The first-order chi connectivity index (χ1) is 10.1. The van der Waals surface area contributed by atoms with E-state index in [4.69, 9.17) is 4.74 Å². The van der Waals surface area contributed by atoms with Gasteiger partial charge in [-0.1, -0.05) is 13.0 Å². The second-order valence-corrected chi connectivity index (χ2v) is 6.37. The van der Waals surface area contributed by atoms with Crippen LogP contribution in [0.25, 0.3) is 5.57 Å². The number of hydrogen-bond donors (Lipinski definition) is 0. The summed E-state index contributed by atoms with van der Waals surface area (Å²) in [5.74, 6) is -0.898. The lowest BCUT2D eigenvalue weighted by atomic mass is 9.87. The van der Waals surface area contributed by atoms with Gasteiger partial charge in [0.05, 0.1) is 6.10 Å². The van der Waals surface area contributed by atoms with Crippen LogP contribution in [-0.2, 0) is 0 Å². The van der Waals surface area contributed by atoms with Gasteiger partial charge in [-0.3, -0.25) is 0 Å². The average Bonchev–Trinajstić information content (AvgIpc) is 2.98. The van der Waals surface area contributed by atoms with E-state index in [1.807, 2.05) is 6.08 Å². The fourth-order valence-electron chi connectivity index (χ4n) is 3.27. The zero-order chi connectivity index (χ0) is 14.8. The zero-order valence-corrected chi connectivity index (χ0v) is 12.5. The maximum absolute atomic E-state index is 14.3. The summed E-state index contributed by atoms with van der Waals surface area (Å²) in [5, 5.41) is 0. The van der Waals surface area contributed by atoms with Gasteiger partial charge in [0, 0.05) is 5.56 Å². The molecular formula is C18H22F2O. The van der Waals surface area contributed by atoms with Gasteiger partial charge in [-0.25, -0.2) is 4.39 Å². The lowest BCUT2D eigenvalue weighted by Crippen LogP contribution is -2.13. The fraction of sp³-hybridized carbons (Fsp3) is 0.556. The van der Waals surface area contributed by atoms with Crippen LogP contribution in [0.1, 0.15) is 57.4 Å². The summed E-state index contributed by atoms with van der Waals surface area (Å²) < 4.78 is 34.2. The van der Waals surface area contributed by atoms with Crippen LogP contribution in [0.4, 0.5) is 8.78 Å². The quantitative estimate of drug-likeness (QED) is 0.715. The minimum atomic E-state index is -0.834. The van der Waals surface area contributed by atoms with Crippen molar-refractivity contribution in [1.29, 1.82) is 0 Å². The Morgan fingerprint density at radius 2 is 1.81 bits per heavy atom. The molecule has 0 spiro atoms. The van der Waals surface area contributed by atoms with Crippen molar-refractivity contribution >= 4 is 5.57 Å². The second-order valence-electron chi connectivity index (χ2n) is 6.37. The molecule has 0 aromatic heterocycles. The minimum absolute atomic E-state index is 0.0412. The first kappa shape index (κ1) is 14.6. The number of ether oxygens (including phenoxy) is 1. The van der Waals surface area contributed by atoms with Gasteiger partial charge < -0.3 is 4.74 Å². The number of allylic oxidation sites excluding steroid dienone is 2. The lowest BCUT2D eigenvalue weighted by Gasteiger charge is -2.20. The Kier molecular flexibility index (Phi) is 4.27. The third-order valence-electron chi connectivity index (χ3n) is 4.66. The van der Waals surface area contributed by atoms with E-state index in [1.165, 1.54) is 0 Å². The van der Waals surface area contributed by atoms with Crippen molar-refractivity contribution in [1.82, 2.24) is 0 Å². The molecule has 0 radical (unpaired) electrons. The number of benzene rings is 1. The molecule has 3 rings (SSSR count). The van der Waals surface area contributed by atoms with Crippen LogP contribution in [0.15, 0.2) is 18.2 Å². The van der Waals surface area contributed by atoms with E-state index in [0.29, 0.717) is 11.5 Å². The van der Waals surface area contributed by atoms with Crippen LogP contribution in [-0.4, -0.2) is 6.10 Å². The summed E-state index contributed by atoms with van der Waals surface area (Å²) in [5.41, 5.74) is 1.33. The molecule has 0 bridgehead atoms. The van der Waals surface area contributed by atoms with Crippen molar-refractivity contribution < 1.29 is 13.5 Å². The smallest absolute Gasteiger partial charge is 0.201 e. The Morgan fingerprint density at radius 1 is 1.05 bits per heavy atom. The van der Waals surface area contributed by atoms with E-state index in [2.05, 4.69) is 6.92 Å². The Bertz CT molecular complexity index is 544. The van der Waals surface area contributed by atoms with Crippen molar-refractivity contribution in [2.45, 2.75) is 58.0 Å². The van der Waals surface area contributed by atoms with E-state index in [9.17, 15) is 8.78 Å². The van der Waals surface area contributed by atoms with Crippen LogP contribution in [0.3, 0.4) is 0 Å². The highest BCUT2D eigenvalue weighted by molar-refractivity contribution is 5.67. The van der Waals surface area contributed by atoms with Gasteiger partial charge in [0.2, 0.25) is 5.82 Å². The molecule has 114 valence electrons. The molecule has 0 amide bonds. The topological polar surface area (TPSA) is 9.23 Å². The summed E-state index contributed by atoms with van der Waals surface area (Å²) in [6, 6.07) is 3.26. The minimum Gasteiger partial charge on any atom is -0.487 e. The van der Waals surface area contributed by atoms with Crippen molar-refractivity contribution in [3.63, 3.8) is 0 Å². The maximum Gasteiger partial charge on any atom is 0.201 e. The third-order valence-corrected chi connectivity index (χ3v) is 4.66. The molecule has 1 fully saturated rings. The molecule has 1 aromatic rings. The van der Waals surface area contributed by atoms with Gasteiger partial charge in [0.15, 0.2) is 11.6 Å². The van der Waals surface area contributed by atoms with Crippen LogP contribution < -0.4 is 4.74 Å². The van der Waals surface area contributed by atoms with Crippen molar-refractivity contribution in [3.8, 4) is 5.75 Å². The zero-order valence-electron chi connectivity index (χ0n) is 12.5. The van der Waals surface area contributed by atoms with Gasteiger partial charge in [-0.05, 0) is 68.6 Å². The third kappa shape index (κ3) is 3.12. The molecule has 21 heavy (non-hydrogen) atoms. The lowest BCUT2D eigenvalue weighted by molar-refractivity contribution is 0.198. The molecule has 1 atom stereocenters. The molecule has 2 aliphatic carbocycles. The van der Waals surface area contributed by atoms with Gasteiger partial charge in [-0.15, -0.1) is 0 Å². The number of halogens is 2. The van der Waals surface area contributed by atoms with Gasteiger partial charge in [0.1, 0.15) is 0 Å². The van der Waals surface area contributed by atoms with Crippen LogP contribution in [0, 0.1) is 17.6 Å². The van der Waals surface area contributed by atoms with Gasteiger partial charge >= 0.3 is 0 Å². The molecule has 1 nitrogen and oxygen atoms in total. The standard InChI is InChI=1S/C18H22F2O/c1-12-6-8-13(9-7-12)15-10-11-16(18(20)17(15)19)21-14-4-2-3-5-14/h8,10-12,14H,2-7,9H2,1H3. The summed E-state index contributed by atoms with van der Waals surface area (Å²) in [6.07, 6.45) is 8.97. The molecule has 2 aliphatic rings. The van der Waals surface area contributed by atoms with Crippen molar-refractivity contribution in [2.75, 3.05) is 0 Å². The molecule has 1 unspecified atom stereocenters. The van der Waals surface area contributed by atoms with Crippen LogP contribution >= 0.6 is 0 Å². The molecule has 0 N–H and O–H groups in total. The SMILES string of the molecule is CC1CC=C(c2ccc(OC3CCCC3)c(F)c2F)CC1. The van der Waals surface area contributed by atoms with Gasteiger partial charge in [0.25, 0.3) is 0 Å². The van der Waals surface area contributed by atoms with Gasteiger partial charge in [-0.2, -0.15) is 4.39 Å².